The molecular formula is C22H23FN4O4S. The molecule has 168 valence electrons. The van der Waals surface area contributed by atoms with Crippen LogP contribution in [0.4, 0.5) is 15.8 Å². The second-order valence-corrected chi connectivity index (χ2v) is 9.65. The number of nitrogens with zero attached hydrogens (tertiary/aromatic N) is 2. The number of nitrogens with one attached hydrogen (secondary N) is 1. The second kappa shape index (κ2) is 8.91. The number of halogens is 1. The third-order valence-electron chi connectivity index (χ3n) is 4.94. The third-order valence-corrected chi connectivity index (χ3v) is 6.63. The normalized spacial score (nSPS) is 11.4. The van der Waals surface area contributed by atoms with Crippen LogP contribution in [0.2, 0.25) is 0 Å². The van der Waals surface area contributed by atoms with Gasteiger partial charge in [0.25, 0.3) is 5.91 Å². The molecule has 0 aliphatic heterocycles. The molecule has 3 rings (SSSR count). The molecule has 3 aromatic rings. The molecular weight excluding hydrogens is 435 g/mol. The summed E-state index contributed by atoms with van der Waals surface area (Å²) >= 11 is 0. The molecule has 0 spiro atoms. The summed E-state index contributed by atoms with van der Waals surface area (Å²) in [6.45, 7) is 1.69. The van der Waals surface area contributed by atoms with Crippen molar-refractivity contribution < 1.29 is 22.4 Å². The number of sulfone groups is 1. The SMILES string of the molecule is Cc1cc(S(=O)(=O)CCC(=O)N(C)C)cc2c(Nc3cccc(F)c3)c(C(N)=O)cnc12. The molecule has 2 aromatic carbocycles. The van der Waals surface area contributed by atoms with Gasteiger partial charge >= 0.3 is 0 Å². The number of anilines is 2. The maximum Gasteiger partial charge on any atom is 0.252 e. The number of pyridine rings is 1. The number of fused-ring (bicyclic) bond motifs is 1. The number of nitrogens with two attached hydrogens (primary N) is 1. The van der Waals surface area contributed by atoms with E-state index < -0.39 is 21.6 Å². The van der Waals surface area contributed by atoms with E-state index in [1.54, 1.807) is 27.1 Å². The molecule has 8 nitrogen and oxygen atoms in total. The van der Waals surface area contributed by atoms with Crippen molar-refractivity contribution in [1.82, 2.24) is 9.88 Å². The van der Waals surface area contributed by atoms with Crippen molar-refractivity contribution in [2.24, 2.45) is 5.73 Å². The molecule has 2 amide bonds. The molecule has 0 aliphatic rings. The van der Waals surface area contributed by atoms with Crippen LogP contribution in [-0.4, -0.2) is 50.0 Å². The molecule has 0 saturated carbocycles. The first-order chi connectivity index (χ1) is 15.0. The van der Waals surface area contributed by atoms with Gasteiger partial charge in [-0.2, -0.15) is 0 Å². The highest BCUT2D eigenvalue weighted by Crippen LogP contribution is 2.33. The Kier molecular flexibility index (Phi) is 6.45. The van der Waals surface area contributed by atoms with Crippen molar-refractivity contribution in [1.29, 1.82) is 0 Å². The van der Waals surface area contributed by atoms with Crippen molar-refractivity contribution in [3.05, 3.63) is 59.5 Å². The molecule has 0 bridgehead atoms. The zero-order valence-electron chi connectivity index (χ0n) is 17.8. The minimum Gasteiger partial charge on any atom is -0.365 e. The number of benzene rings is 2. The maximum atomic E-state index is 13.7. The monoisotopic (exact) mass is 458 g/mol. The van der Waals surface area contributed by atoms with Gasteiger partial charge in [-0.3, -0.25) is 14.6 Å². The fraction of sp³-hybridized carbons (Fsp3) is 0.227. The number of carbonyl (C=O) groups is 2. The van der Waals surface area contributed by atoms with E-state index in [1.807, 2.05) is 0 Å². The second-order valence-electron chi connectivity index (χ2n) is 7.54. The number of hydrogen-bond donors (Lipinski definition) is 2. The summed E-state index contributed by atoms with van der Waals surface area (Å²) in [6, 6.07) is 8.46. The lowest BCUT2D eigenvalue weighted by Crippen LogP contribution is -2.24. The number of primary amides is 1. The molecule has 1 aromatic heterocycles. The maximum absolute atomic E-state index is 13.7. The van der Waals surface area contributed by atoms with E-state index in [-0.39, 0.29) is 34.2 Å². The summed E-state index contributed by atoms with van der Waals surface area (Å²) in [5, 5.41) is 3.31. The van der Waals surface area contributed by atoms with E-state index in [2.05, 4.69) is 10.3 Å². The molecule has 1 heterocycles. The molecule has 10 heteroatoms. The van der Waals surface area contributed by atoms with Crippen LogP contribution in [0, 0.1) is 12.7 Å². The minimum atomic E-state index is -3.81. The number of aryl methyl sites for hydroxylation is 1. The van der Waals surface area contributed by atoms with E-state index >= 15 is 0 Å². The number of amides is 2. The topological polar surface area (TPSA) is 122 Å². The van der Waals surface area contributed by atoms with E-state index in [0.29, 0.717) is 22.2 Å². The van der Waals surface area contributed by atoms with Crippen molar-refractivity contribution in [3.8, 4) is 0 Å². The summed E-state index contributed by atoms with van der Waals surface area (Å²) in [6.07, 6.45) is 1.13. The fourth-order valence-corrected chi connectivity index (χ4v) is 4.55. The number of aromatic nitrogens is 1. The van der Waals surface area contributed by atoms with Crippen LogP contribution < -0.4 is 11.1 Å². The van der Waals surface area contributed by atoms with Crippen LogP contribution >= 0.6 is 0 Å². The third kappa shape index (κ3) is 4.86. The largest absolute Gasteiger partial charge is 0.365 e. The Hall–Kier alpha value is -3.53. The Labute approximate surface area is 185 Å². The Morgan fingerprint density at radius 2 is 1.91 bits per heavy atom. The highest BCUT2D eigenvalue weighted by Gasteiger charge is 2.22. The fourth-order valence-electron chi connectivity index (χ4n) is 3.22. The first-order valence-electron chi connectivity index (χ1n) is 9.68. The standard InChI is InChI=1S/C22H23FN4O4S/c1-13-9-16(32(30,31)8-7-19(28)27(2)3)11-17-20(13)25-12-18(22(24)29)21(17)26-15-6-4-5-14(23)10-15/h4-6,9-12H,7-8H2,1-3H3,(H2,24,29)(H,25,26). The van der Waals surface area contributed by atoms with E-state index in [4.69, 9.17) is 5.73 Å². The average molecular weight is 459 g/mol. The first kappa shape index (κ1) is 23.1. The van der Waals surface area contributed by atoms with Gasteiger partial charge in [0, 0.05) is 37.8 Å². The van der Waals surface area contributed by atoms with Gasteiger partial charge in [-0.05, 0) is 42.8 Å². The van der Waals surface area contributed by atoms with E-state index in [1.165, 1.54) is 41.4 Å². The summed E-state index contributed by atoms with van der Waals surface area (Å²) in [5.74, 6) is -1.94. The predicted molar refractivity (Wildman–Crippen MR) is 120 cm³/mol. The van der Waals surface area contributed by atoms with Crippen molar-refractivity contribution in [3.63, 3.8) is 0 Å². The average Bonchev–Trinajstić information content (AvgIpc) is 2.72. The molecule has 0 fully saturated rings. The molecule has 0 unspecified atom stereocenters. The van der Waals surface area contributed by atoms with Crippen LogP contribution in [0.15, 0.2) is 47.5 Å². The zero-order valence-corrected chi connectivity index (χ0v) is 18.7. The van der Waals surface area contributed by atoms with Crippen LogP contribution in [0.25, 0.3) is 10.9 Å². The summed E-state index contributed by atoms with van der Waals surface area (Å²) in [5.41, 5.74) is 7.11. The lowest BCUT2D eigenvalue weighted by atomic mass is 10.1. The van der Waals surface area contributed by atoms with E-state index in [0.717, 1.165) is 0 Å². The molecule has 0 aliphatic carbocycles. The van der Waals surface area contributed by atoms with Gasteiger partial charge in [0.2, 0.25) is 5.91 Å². The van der Waals surface area contributed by atoms with E-state index in [9.17, 15) is 22.4 Å². The molecule has 0 saturated heterocycles. The molecule has 32 heavy (non-hydrogen) atoms. The Bertz CT molecular complexity index is 1320. The lowest BCUT2D eigenvalue weighted by molar-refractivity contribution is -0.128. The highest BCUT2D eigenvalue weighted by molar-refractivity contribution is 7.91. The van der Waals surface area contributed by atoms with Crippen molar-refractivity contribution in [2.45, 2.75) is 18.2 Å². The van der Waals surface area contributed by atoms with Gasteiger partial charge in [0.15, 0.2) is 9.84 Å². The van der Waals surface area contributed by atoms with Crippen LogP contribution in [-0.2, 0) is 14.6 Å². The van der Waals surface area contributed by atoms with Crippen molar-refractivity contribution >= 4 is 43.9 Å². The van der Waals surface area contributed by atoms with Crippen LogP contribution in [0.1, 0.15) is 22.3 Å². The van der Waals surface area contributed by atoms with Crippen LogP contribution in [0.3, 0.4) is 0 Å². The van der Waals surface area contributed by atoms with Gasteiger partial charge in [-0.1, -0.05) is 6.07 Å². The van der Waals surface area contributed by atoms with Gasteiger partial charge in [-0.25, -0.2) is 12.8 Å². The first-order valence-corrected chi connectivity index (χ1v) is 11.3. The van der Waals surface area contributed by atoms with Crippen LogP contribution in [0.5, 0.6) is 0 Å². The number of hydrogen-bond acceptors (Lipinski definition) is 6. The number of rotatable bonds is 7. The predicted octanol–water partition coefficient (Wildman–Crippen LogP) is 2.78. The summed E-state index contributed by atoms with van der Waals surface area (Å²) < 4.78 is 39.6. The van der Waals surface area contributed by atoms with Gasteiger partial charge < -0.3 is 16.0 Å². The molecule has 0 atom stereocenters. The lowest BCUT2D eigenvalue weighted by Gasteiger charge is -2.16. The Balaban J connectivity index is 2.16. The zero-order chi connectivity index (χ0) is 23.6. The minimum absolute atomic E-state index is 0.0141. The Morgan fingerprint density at radius 3 is 2.53 bits per heavy atom. The molecule has 3 N–H and O–H groups in total. The van der Waals surface area contributed by atoms with Gasteiger partial charge in [-0.15, -0.1) is 0 Å². The smallest absolute Gasteiger partial charge is 0.252 e. The van der Waals surface area contributed by atoms with Gasteiger partial charge in [0.1, 0.15) is 5.82 Å². The summed E-state index contributed by atoms with van der Waals surface area (Å²) in [4.78, 5) is 29.5. The Morgan fingerprint density at radius 1 is 1.19 bits per heavy atom. The quantitative estimate of drug-likeness (QED) is 0.561. The highest BCUT2D eigenvalue weighted by atomic mass is 32.2. The number of carbonyl (C=O) groups excluding carboxylic acids is 2. The van der Waals surface area contributed by atoms with Gasteiger partial charge in [0.05, 0.1) is 27.4 Å². The summed E-state index contributed by atoms with van der Waals surface area (Å²) in [7, 11) is -0.707. The van der Waals surface area contributed by atoms with Crippen molar-refractivity contribution in [2.75, 3.05) is 25.2 Å². The molecule has 0 radical (unpaired) electrons.